The Hall–Kier alpha value is -2.25. The van der Waals surface area contributed by atoms with Crippen LogP contribution in [0.5, 0.6) is 0 Å². The minimum atomic E-state index is -1.14. The smallest absolute Gasteiger partial charge is 0.261 e. The van der Waals surface area contributed by atoms with Gasteiger partial charge in [0.15, 0.2) is 0 Å². The highest BCUT2D eigenvalue weighted by atomic mass is 32.1. The van der Waals surface area contributed by atoms with Crippen LogP contribution in [0, 0.1) is 5.82 Å². The number of amides is 2. The molecule has 7 heteroatoms. The van der Waals surface area contributed by atoms with E-state index in [4.69, 9.17) is 0 Å². The van der Waals surface area contributed by atoms with E-state index in [0.29, 0.717) is 4.88 Å². The molecule has 1 atom stereocenters. The van der Waals surface area contributed by atoms with Crippen molar-refractivity contribution in [3.05, 3.63) is 58.0 Å². The summed E-state index contributed by atoms with van der Waals surface area (Å²) in [5.74, 6) is -1.32. The molecule has 0 radical (unpaired) electrons. The molecule has 0 aliphatic heterocycles. The van der Waals surface area contributed by atoms with Crippen LogP contribution < -0.4 is 10.6 Å². The zero-order valence-corrected chi connectivity index (χ0v) is 12.4. The SMILES string of the molecule is O=C(CNC(=O)c1cccs1)NCC(O)c1ccccc1F. The summed E-state index contributed by atoms with van der Waals surface area (Å²) < 4.78 is 13.4. The van der Waals surface area contributed by atoms with E-state index >= 15 is 0 Å². The zero-order valence-electron chi connectivity index (χ0n) is 11.6. The highest BCUT2D eigenvalue weighted by molar-refractivity contribution is 7.12. The Morgan fingerprint density at radius 2 is 1.95 bits per heavy atom. The molecule has 1 heterocycles. The molecule has 0 spiro atoms. The number of thiophene rings is 1. The molecular weight excluding hydrogens is 307 g/mol. The van der Waals surface area contributed by atoms with Gasteiger partial charge >= 0.3 is 0 Å². The van der Waals surface area contributed by atoms with E-state index < -0.39 is 17.8 Å². The topological polar surface area (TPSA) is 78.4 Å². The fourth-order valence-electron chi connectivity index (χ4n) is 1.78. The van der Waals surface area contributed by atoms with Crippen LogP contribution in [0.25, 0.3) is 0 Å². The number of hydrogen-bond acceptors (Lipinski definition) is 4. The molecule has 0 saturated carbocycles. The molecule has 2 aromatic rings. The van der Waals surface area contributed by atoms with Gasteiger partial charge in [0.25, 0.3) is 5.91 Å². The van der Waals surface area contributed by atoms with Crippen molar-refractivity contribution in [1.82, 2.24) is 10.6 Å². The maximum Gasteiger partial charge on any atom is 0.261 e. The van der Waals surface area contributed by atoms with Gasteiger partial charge in [-0.25, -0.2) is 4.39 Å². The fourth-order valence-corrected chi connectivity index (χ4v) is 2.42. The van der Waals surface area contributed by atoms with E-state index in [2.05, 4.69) is 10.6 Å². The summed E-state index contributed by atoms with van der Waals surface area (Å²) in [4.78, 5) is 23.8. The minimum Gasteiger partial charge on any atom is -0.386 e. The molecule has 2 rings (SSSR count). The number of carbonyl (C=O) groups excluding carboxylic acids is 2. The summed E-state index contributed by atoms with van der Waals surface area (Å²) in [7, 11) is 0. The molecule has 1 aromatic heterocycles. The largest absolute Gasteiger partial charge is 0.386 e. The first-order valence-electron chi connectivity index (χ1n) is 6.59. The molecule has 22 heavy (non-hydrogen) atoms. The molecular formula is C15H15FN2O3S. The second-order valence-electron chi connectivity index (χ2n) is 4.50. The quantitative estimate of drug-likeness (QED) is 0.753. The maximum absolute atomic E-state index is 13.4. The number of halogens is 1. The van der Waals surface area contributed by atoms with Gasteiger partial charge in [-0.2, -0.15) is 0 Å². The van der Waals surface area contributed by atoms with Crippen LogP contribution in [0.3, 0.4) is 0 Å². The van der Waals surface area contributed by atoms with Gasteiger partial charge in [0.05, 0.1) is 17.5 Å². The molecule has 0 saturated heterocycles. The second kappa shape index (κ2) is 7.67. The molecule has 0 fully saturated rings. The molecule has 1 aromatic carbocycles. The van der Waals surface area contributed by atoms with Crippen LogP contribution >= 0.6 is 11.3 Å². The predicted octanol–water partition coefficient (Wildman–Crippen LogP) is 1.47. The Morgan fingerprint density at radius 3 is 2.64 bits per heavy atom. The van der Waals surface area contributed by atoms with Gasteiger partial charge in [0, 0.05) is 12.1 Å². The molecule has 116 valence electrons. The van der Waals surface area contributed by atoms with Crippen LogP contribution in [0.15, 0.2) is 41.8 Å². The lowest BCUT2D eigenvalue weighted by Gasteiger charge is -2.13. The number of benzene rings is 1. The Morgan fingerprint density at radius 1 is 1.18 bits per heavy atom. The Kier molecular flexibility index (Phi) is 5.62. The number of aliphatic hydroxyl groups is 1. The van der Waals surface area contributed by atoms with Crippen molar-refractivity contribution in [1.29, 1.82) is 0 Å². The minimum absolute atomic E-state index is 0.116. The molecule has 5 nitrogen and oxygen atoms in total. The summed E-state index contributed by atoms with van der Waals surface area (Å²) in [5, 5.41) is 16.5. The van der Waals surface area contributed by atoms with Crippen molar-refractivity contribution in [2.24, 2.45) is 0 Å². The average Bonchev–Trinajstić information content (AvgIpc) is 3.05. The normalized spacial score (nSPS) is 11.7. The van der Waals surface area contributed by atoms with E-state index in [1.54, 1.807) is 23.6 Å². The molecule has 0 aliphatic carbocycles. The zero-order chi connectivity index (χ0) is 15.9. The first-order valence-corrected chi connectivity index (χ1v) is 7.47. The number of aliphatic hydroxyl groups excluding tert-OH is 1. The molecule has 2 amide bonds. The first-order chi connectivity index (χ1) is 10.6. The Bertz CT molecular complexity index is 646. The number of hydrogen-bond donors (Lipinski definition) is 3. The Balaban J connectivity index is 1.76. The highest BCUT2D eigenvalue weighted by Crippen LogP contribution is 2.15. The van der Waals surface area contributed by atoms with E-state index in [1.165, 1.54) is 29.5 Å². The highest BCUT2D eigenvalue weighted by Gasteiger charge is 2.14. The molecule has 3 N–H and O–H groups in total. The lowest BCUT2D eigenvalue weighted by atomic mass is 10.1. The summed E-state index contributed by atoms with van der Waals surface area (Å²) in [6, 6.07) is 9.20. The van der Waals surface area contributed by atoms with Gasteiger partial charge in [-0.1, -0.05) is 24.3 Å². The summed E-state index contributed by atoms with van der Waals surface area (Å²) >= 11 is 1.27. The third kappa shape index (κ3) is 4.37. The second-order valence-corrected chi connectivity index (χ2v) is 5.45. The van der Waals surface area contributed by atoms with Crippen molar-refractivity contribution in [3.8, 4) is 0 Å². The van der Waals surface area contributed by atoms with Crippen LogP contribution in [0.4, 0.5) is 4.39 Å². The molecule has 0 bridgehead atoms. The van der Waals surface area contributed by atoms with Gasteiger partial charge in [0.2, 0.25) is 5.91 Å². The Labute approximate surface area is 130 Å². The third-order valence-corrected chi connectivity index (χ3v) is 3.78. The van der Waals surface area contributed by atoms with Crippen LogP contribution in [-0.4, -0.2) is 30.0 Å². The number of nitrogens with one attached hydrogen (secondary N) is 2. The standard InChI is InChI=1S/C15H15FN2O3S/c16-11-5-2-1-4-10(11)12(19)8-17-14(20)9-18-15(21)13-6-3-7-22-13/h1-7,12,19H,8-9H2,(H,17,20)(H,18,21). The van der Waals surface area contributed by atoms with Crippen LogP contribution in [0.1, 0.15) is 21.3 Å². The number of rotatable bonds is 6. The number of carbonyl (C=O) groups is 2. The fraction of sp³-hybridized carbons (Fsp3) is 0.200. The lowest BCUT2D eigenvalue weighted by molar-refractivity contribution is -0.120. The third-order valence-electron chi connectivity index (χ3n) is 2.91. The van der Waals surface area contributed by atoms with E-state index in [-0.39, 0.29) is 24.6 Å². The van der Waals surface area contributed by atoms with Crippen molar-refractivity contribution in [2.45, 2.75) is 6.10 Å². The van der Waals surface area contributed by atoms with Crippen molar-refractivity contribution in [2.75, 3.05) is 13.1 Å². The van der Waals surface area contributed by atoms with Gasteiger partial charge in [0.1, 0.15) is 5.82 Å². The van der Waals surface area contributed by atoms with E-state index in [9.17, 15) is 19.1 Å². The predicted molar refractivity (Wildman–Crippen MR) is 81.0 cm³/mol. The van der Waals surface area contributed by atoms with E-state index in [0.717, 1.165) is 0 Å². The van der Waals surface area contributed by atoms with Crippen LogP contribution in [-0.2, 0) is 4.79 Å². The maximum atomic E-state index is 13.4. The first kappa shape index (κ1) is 16.1. The van der Waals surface area contributed by atoms with Gasteiger partial charge in [-0.15, -0.1) is 11.3 Å². The lowest BCUT2D eigenvalue weighted by Crippen LogP contribution is -2.38. The average molecular weight is 322 g/mol. The summed E-state index contributed by atoms with van der Waals surface area (Å²) in [6.45, 7) is -0.338. The van der Waals surface area contributed by atoms with Gasteiger partial charge < -0.3 is 15.7 Å². The van der Waals surface area contributed by atoms with Crippen molar-refractivity contribution >= 4 is 23.2 Å². The van der Waals surface area contributed by atoms with Gasteiger partial charge in [-0.3, -0.25) is 9.59 Å². The molecule has 0 aliphatic rings. The van der Waals surface area contributed by atoms with Crippen molar-refractivity contribution < 1.29 is 19.1 Å². The monoisotopic (exact) mass is 322 g/mol. The summed E-state index contributed by atoms with van der Waals surface area (Å²) in [5.41, 5.74) is 0.116. The van der Waals surface area contributed by atoms with Crippen molar-refractivity contribution in [3.63, 3.8) is 0 Å². The van der Waals surface area contributed by atoms with E-state index in [1.807, 2.05) is 0 Å². The molecule has 1 unspecified atom stereocenters. The van der Waals surface area contributed by atoms with Crippen LogP contribution in [0.2, 0.25) is 0 Å². The van der Waals surface area contributed by atoms with Gasteiger partial charge in [-0.05, 0) is 17.5 Å². The summed E-state index contributed by atoms with van der Waals surface area (Å²) in [6.07, 6.45) is -1.14.